The zero-order chi connectivity index (χ0) is 22.5. The summed E-state index contributed by atoms with van der Waals surface area (Å²) in [7, 11) is -3.60. The van der Waals surface area contributed by atoms with E-state index < -0.39 is 10.0 Å². The summed E-state index contributed by atoms with van der Waals surface area (Å²) in [5, 5.41) is 7.48. The molecule has 1 N–H and O–H groups in total. The van der Waals surface area contributed by atoms with Crippen molar-refractivity contribution in [3.05, 3.63) is 46.8 Å². The highest BCUT2D eigenvalue weighted by Crippen LogP contribution is 2.40. The van der Waals surface area contributed by atoms with Crippen LogP contribution in [0.1, 0.15) is 65.3 Å². The number of rotatable bonds is 5. The Balaban J connectivity index is 1.49. The molecule has 2 aliphatic rings. The van der Waals surface area contributed by atoms with Gasteiger partial charge in [-0.3, -0.25) is 4.79 Å². The molecule has 1 aliphatic carbocycles. The van der Waals surface area contributed by atoms with Crippen LogP contribution in [0.15, 0.2) is 33.7 Å². The molecule has 1 saturated carbocycles. The maximum atomic E-state index is 13.3. The molecule has 2 fully saturated rings. The number of pyridine rings is 1. The first kappa shape index (κ1) is 21.1. The molecule has 0 atom stereocenters. The Labute approximate surface area is 187 Å². The normalized spacial score (nSPS) is 17.6. The van der Waals surface area contributed by atoms with Crippen LogP contribution in [0.3, 0.4) is 0 Å². The number of aryl methyl sites for hydroxylation is 2. The fourth-order valence-corrected chi connectivity index (χ4v) is 5.77. The second kappa shape index (κ2) is 7.97. The monoisotopic (exact) mass is 454 g/mol. The van der Waals surface area contributed by atoms with Crippen molar-refractivity contribution in [2.24, 2.45) is 0 Å². The topological polar surface area (TPSA) is 105 Å². The molecule has 0 radical (unpaired) electrons. The second-order valence-corrected chi connectivity index (χ2v) is 10.7. The summed E-state index contributed by atoms with van der Waals surface area (Å²) in [5.74, 6) is 0.0114. The molecule has 9 heteroatoms. The first-order chi connectivity index (χ1) is 15.3. The molecule has 1 aliphatic heterocycles. The minimum Gasteiger partial charge on any atom is -0.336 e. The number of anilines is 1. The predicted octanol–water partition coefficient (Wildman–Crippen LogP) is 4.14. The first-order valence-electron chi connectivity index (χ1n) is 11.0. The Kier molecular flexibility index (Phi) is 5.25. The van der Waals surface area contributed by atoms with E-state index in [9.17, 15) is 13.2 Å². The largest absolute Gasteiger partial charge is 0.336 e. The van der Waals surface area contributed by atoms with Crippen LogP contribution in [0.4, 0.5) is 5.69 Å². The van der Waals surface area contributed by atoms with Crippen molar-refractivity contribution < 1.29 is 17.7 Å². The molecular formula is C23H26N4O4S. The van der Waals surface area contributed by atoms with Crippen molar-refractivity contribution in [2.75, 3.05) is 18.4 Å². The molecule has 1 saturated heterocycles. The Bertz CT molecular complexity index is 1310. The van der Waals surface area contributed by atoms with Gasteiger partial charge in [-0.15, -0.1) is 0 Å². The number of sulfonamides is 1. The molecule has 0 bridgehead atoms. The number of fused-ring (bicyclic) bond motifs is 1. The van der Waals surface area contributed by atoms with E-state index in [1.165, 1.54) is 4.31 Å². The number of nitrogens with zero attached hydrogens (tertiary/aromatic N) is 3. The average molecular weight is 455 g/mol. The van der Waals surface area contributed by atoms with Gasteiger partial charge in [0.15, 0.2) is 0 Å². The molecular weight excluding hydrogens is 428 g/mol. The molecule has 0 spiro atoms. The molecule has 3 aromatic rings. The Morgan fingerprint density at radius 1 is 1.12 bits per heavy atom. The molecule has 32 heavy (non-hydrogen) atoms. The van der Waals surface area contributed by atoms with Crippen LogP contribution in [0.2, 0.25) is 0 Å². The zero-order valence-electron chi connectivity index (χ0n) is 18.2. The quantitative estimate of drug-likeness (QED) is 0.621. The van der Waals surface area contributed by atoms with Crippen molar-refractivity contribution >= 4 is 32.7 Å². The summed E-state index contributed by atoms with van der Waals surface area (Å²) in [6.07, 6.45) is 4.87. The number of benzene rings is 1. The van der Waals surface area contributed by atoms with Gasteiger partial charge in [0.05, 0.1) is 21.5 Å². The van der Waals surface area contributed by atoms with E-state index in [0.717, 1.165) is 43.4 Å². The third-order valence-electron chi connectivity index (χ3n) is 6.29. The third-order valence-corrected chi connectivity index (χ3v) is 8.18. The van der Waals surface area contributed by atoms with Gasteiger partial charge < -0.3 is 9.84 Å². The summed E-state index contributed by atoms with van der Waals surface area (Å²) >= 11 is 0. The lowest BCUT2D eigenvalue weighted by Crippen LogP contribution is -2.35. The highest BCUT2D eigenvalue weighted by molar-refractivity contribution is 7.89. The fourth-order valence-electron chi connectivity index (χ4n) is 4.22. The number of piperidine rings is 1. The van der Waals surface area contributed by atoms with Gasteiger partial charge in [-0.25, -0.2) is 13.4 Å². The van der Waals surface area contributed by atoms with E-state index in [-0.39, 0.29) is 10.8 Å². The van der Waals surface area contributed by atoms with Crippen LogP contribution in [-0.4, -0.2) is 41.9 Å². The molecule has 0 unspecified atom stereocenters. The van der Waals surface area contributed by atoms with Crippen LogP contribution in [0.25, 0.3) is 11.1 Å². The lowest BCUT2D eigenvalue weighted by molar-refractivity contribution is 0.102. The number of amides is 1. The van der Waals surface area contributed by atoms with E-state index >= 15 is 0 Å². The van der Waals surface area contributed by atoms with Gasteiger partial charge in [0.25, 0.3) is 11.6 Å². The van der Waals surface area contributed by atoms with Crippen molar-refractivity contribution in [1.29, 1.82) is 0 Å². The maximum Gasteiger partial charge on any atom is 0.259 e. The van der Waals surface area contributed by atoms with Gasteiger partial charge in [0.2, 0.25) is 10.0 Å². The number of carbonyl (C=O) groups is 1. The van der Waals surface area contributed by atoms with Crippen molar-refractivity contribution in [3.63, 3.8) is 0 Å². The number of hydrogen-bond donors (Lipinski definition) is 1. The highest BCUT2D eigenvalue weighted by Gasteiger charge is 2.29. The zero-order valence-corrected chi connectivity index (χ0v) is 19.0. The molecule has 1 amide bonds. The van der Waals surface area contributed by atoms with E-state index in [1.807, 2.05) is 13.0 Å². The smallest absolute Gasteiger partial charge is 0.259 e. The average Bonchev–Trinajstić information content (AvgIpc) is 3.58. The predicted molar refractivity (Wildman–Crippen MR) is 120 cm³/mol. The minimum absolute atomic E-state index is 0.194. The fraction of sp³-hybridized carbons (Fsp3) is 0.435. The molecule has 1 aromatic carbocycles. The van der Waals surface area contributed by atoms with Crippen LogP contribution in [0, 0.1) is 13.8 Å². The van der Waals surface area contributed by atoms with Gasteiger partial charge in [-0.2, -0.15) is 4.31 Å². The lowest BCUT2D eigenvalue weighted by Gasteiger charge is -2.26. The summed E-state index contributed by atoms with van der Waals surface area (Å²) in [4.78, 5) is 18.0. The van der Waals surface area contributed by atoms with Gasteiger partial charge in [-0.05, 0) is 63.3 Å². The van der Waals surface area contributed by atoms with E-state index in [1.54, 1.807) is 25.1 Å². The number of hydrogen-bond acceptors (Lipinski definition) is 6. The standard InChI is InChI=1S/C23H26N4O4S/c1-14-6-9-17(32(29,30)27-10-4-3-5-11-27)12-19(14)24-22(28)18-13-20(16-7-8-16)25-23-21(18)15(2)26-31-23/h6,9,12-13,16H,3-5,7-8,10-11H2,1-2H3,(H,24,28). The van der Waals surface area contributed by atoms with Crippen molar-refractivity contribution in [2.45, 2.75) is 56.8 Å². The van der Waals surface area contributed by atoms with Crippen LogP contribution < -0.4 is 5.32 Å². The Hall–Kier alpha value is -2.78. The summed E-state index contributed by atoms with van der Waals surface area (Å²) in [6.45, 7) is 4.68. The van der Waals surface area contributed by atoms with E-state index in [2.05, 4.69) is 15.5 Å². The van der Waals surface area contributed by atoms with Crippen LogP contribution >= 0.6 is 0 Å². The SMILES string of the molecule is Cc1ccc(S(=O)(=O)N2CCCCC2)cc1NC(=O)c1cc(C2CC2)nc2onc(C)c12. The molecule has 3 heterocycles. The van der Waals surface area contributed by atoms with Gasteiger partial charge >= 0.3 is 0 Å². The van der Waals surface area contributed by atoms with E-state index in [4.69, 9.17) is 4.52 Å². The number of nitrogens with one attached hydrogen (secondary N) is 1. The molecule has 8 nitrogen and oxygen atoms in total. The molecule has 5 rings (SSSR count). The maximum absolute atomic E-state index is 13.3. The Morgan fingerprint density at radius 3 is 2.59 bits per heavy atom. The first-order valence-corrected chi connectivity index (χ1v) is 12.5. The third kappa shape index (κ3) is 3.80. The summed E-state index contributed by atoms with van der Waals surface area (Å²) in [6, 6.07) is 6.70. The highest BCUT2D eigenvalue weighted by atomic mass is 32.2. The van der Waals surface area contributed by atoms with Crippen molar-refractivity contribution in [1.82, 2.24) is 14.4 Å². The summed E-state index contributed by atoms with van der Waals surface area (Å²) in [5.41, 5.74) is 3.48. The number of carbonyl (C=O) groups excluding carboxylic acids is 1. The number of aromatic nitrogens is 2. The minimum atomic E-state index is -3.60. The van der Waals surface area contributed by atoms with Gasteiger partial charge in [-0.1, -0.05) is 17.6 Å². The second-order valence-electron chi connectivity index (χ2n) is 8.71. The van der Waals surface area contributed by atoms with Gasteiger partial charge in [0.1, 0.15) is 0 Å². The van der Waals surface area contributed by atoms with E-state index in [0.29, 0.717) is 47.1 Å². The molecule has 168 valence electrons. The Morgan fingerprint density at radius 2 is 1.88 bits per heavy atom. The van der Waals surface area contributed by atoms with Crippen LogP contribution in [-0.2, 0) is 10.0 Å². The van der Waals surface area contributed by atoms with Gasteiger partial charge in [0, 0.05) is 30.4 Å². The van der Waals surface area contributed by atoms with Crippen molar-refractivity contribution in [3.8, 4) is 0 Å². The molecule has 2 aromatic heterocycles. The van der Waals surface area contributed by atoms with Crippen LogP contribution in [0.5, 0.6) is 0 Å². The lowest BCUT2D eigenvalue weighted by atomic mass is 10.1. The summed E-state index contributed by atoms with van der Waals surface area (Å²) < 4.78 is 33.1.